The summed E-state index contributed by atoms with van der Waals surface area (Å²) >= 11 is 1.49. The molecule has 30 heavy (non-hydrogen) atoms. The van der Waals surface area contributed by atoms with Crippen LogP contribution in [-0.4, -0.2) is 56.7 Å². The first-order chi connectivity index (χ1) is 14.6. The fraction of sp³-hybridized carbons (Fsp3) is 0.273. The highest BCUT2D eigenvalue weighted by Crippen LogP contribution is 2.27. The standard InChI is InChI=1S/C22H22N6OS/c1-15-5-3-6-17(13-15)28-21-18(14-23-28)20(24-16(2)25-21)26-8-10-27(11-9-26)22(29)19-7-4-12-30-19/h3-7,12-14H,8-11H2,1-2H3. The molecule has 0 bridgehead atoms. The summed E-state index contributed by atoms with van der Waals surface area (Å²) in [7, 11) is 0. The van der Waals surface area contributed by atoms with Crippen molar-refractivity contribution in [2.75, 3.05) is 31.1 Å². The molecule has 1 fully saturated rings. The van der Waals surface area contributed by atoms with Crippen LogP contribution in [0.15, 0.2) is 48.0 Å². The molecule has 4 heterocycles. The zero-order chi connectivity index (χ0) is 20.7. The lowest BCUT2D eigenvalue weighted by atomic mass is 10.2. The number of piperazine rings is 1. The maximum Gasteiger partial charge on any atom is 0.264 e. The van der Waals surface area contributed by atoms with Crippen molar-refractivity contribution in [2.45, 2.75) is 13.8 Å². The molecule has 0 unspecified atom stereocenters. The quantitative estimate of drug-likeness (QED) is 0.510. The van der Waals surface area contributed by atoms with E-state index in [-0.39, 0.29) is 5.91 Å². The average Bonchev–Trinajstić information content (AvgIpc) is 3.43. The first-order valence-electron chi connectivity index (χ1n) is 9.97. The van der Waals surface area contributed by atoms with Gasteiger partial charge < -0.3 is 9.80 Å². The number of thiophene rings is 1. The van der Waals surface area contributed by atoms with Gasteiger partial charge in [0.05, 0.1) is 22.1 Å². The molecular formula is C22H22N6OS. The van der Waals surface area contributed by atoms with Gasteiger partial charge in [-0.15, -0.1) is 11.3 Å². The lowest BCUT2D eigenvalue weighted by Gasteiger charge is -2.35. The number of nitrogens with zero attached hydrogens (tertiary/aromatic N) is 6. The van der Waals surface area contributed by atoms with Crippen molar-refractivity contribution in [3.05, 3.63) is 64.2 Å². The van der Waals surface area contributed by atoms with Crippen molar-refractivity contribution >= 4 is 34.1 Å². The van der Waals surface area contributed by atoms with E-state index in [2.05, 4.69) is 34.0 Å². The summed E-state index contributed by atoms with van der Waals surface area (Å²) in [6.07, 6.45) is 1.84. The van der Waals surface area contributed by atoms with Crippen LogP contribution < -0.4 is 4.90 Å². The van der Waals surface area contributed by atoms with E-state index in [9.17, 15) is 4.79 Å². The smallest absolute Gasteiger partial charge is 0.264 e. The van der Waals surface area contributed by atoms with Gasteiger partial charge in [-0.25, -0.2) is 14.6 Å². The number of carbonyl (C=O) groups is 1. The molecule has 1 aliphatic rings. The largest absolute Gasteiger partial charge is 0.352 e. The van der Waals surface area contributed by atoms with E-state index in [4.69, 9.17) is 4.98 Å². The Balaban J connectivity index is 1.43. The Morgan fingerprint density at radius 1 is 1.03 bits per heavy atom. The Bertz CT molecular complexity index is 1210. The highest BCUT2D eigenvalue weighted by Gasteiger charge is 2.25. The first kappa shape index (κ1) is 18.7. The van der Waals surface area contributed by atoms with Crippen LogP contribution in [0.5, 0.6) is 0 Å². The van der Waals surface area contributed by atoms with Gasteiger partial charge in [-0.05, 0) is 43.0 Å². The summed E-state index contributed by atoms with van der Waals surface area (Å²) in [5.41, 5.74) is 2.97. The number of hydrogen-bond donors (Lipinski definition) is 0. The number of amides is 1. The van der Waals surface area contributed by atoms with Gasteiger partial charge in [0.1, 0.15) is 11.6 Å². The topological polar surface area (TPSA) is 67.2 Å². The molecule has 0 N–H and O–H groups in total. The third kappa shape index (κ3) is 3.33. The zero-order valence-corrected chi connectivity index (χ0v) is 17.8. The molecule has 0 atom stereocenters. The zero-order valence-electron chi connectivity index (χ0n) is 16.9. The maximum atomic E-state index is 12.6. The monoisotopic (exact) mass is 418 g/mol. The maximum absolute atomic E-state index is 12.6. The summed E-state index contributed by atoms with van der Waals surface area (Å²) in [6, 6.07) is 12.0. The highest BCUT2D eigenvalue weighted by atomic mass is 32.1. The predicted octanol–water partition coefficient (Wildman–Crippen LogP) is 3.46. The van der Waals surface area contributed by atoms with Gasteiger partial charge in [0, 0.05) is 26.2 Å². The van der Waals surface area contributed by atoms with Crippen molar-refractivity contribution in [2.24, 2.45) is 0 Å². The van der Waals surface area contributed by atoms with E-state index >= 15 is 0 Å². The number of carbonyl (C=O) groups excluding carboxylic acids is 1. The molecule has 1 aromatic carbocycles. The van der Waals surface area contributed by atoms with Crippen molar-refractivity contribution in [3.8, 4) is 5.69 Å². The van der Waals surface area contributed by atoms with Crippen LogP contribution in [0.3, 0.4) is 0 Å². The molecule has 3 aromatic heterocycles. The second-order valence-corrected chi connectivity index (χ2v) is 8.43. The van der Waals surface area contributed by atoms with Crippen molar-refractivity contribution < 1.29 is 4.79 Å². The molecule has 8 heteroatoms. The van der Waals surface area contributed by atoms with Crippen molar-refractivity contribution in [1.29, 1.82) is 0 Å². The SMILES string of the molecule is Cc1cccc(-n2ncc3c(N4CCN(C(=O)c5cccs5)CC4)nc(C)nc32)c1. The second-order valence-electron chi connectivity index (χ2n) is 7.48. The Labute approximate surface area is 178 Å². The van der Waals surface area contributed by atoms with Gasteiger partial charge in [-0.3, -0.25) is 4.79 Å². The summed E-state index contributed by atoms with van der Waals surface area (Å²) in [4.78, 5) is 27.0. The normalized spacial score (nSPS) is 14.5. The first-order valence-corrected chi connectivity index (χ1v) is 10.9. The fourth-order valence-corrected chi connectivity index (χ4v) is 4.56. The van der Waals surface area contributed by atoms with Crippen LogP contribution in [0.1, 0.15) is 21.1 Å². The molecular weight excluding hydrogens is 396 g/mol. The number of anilines is 1. The molecule has 1 aliphatic heterocycles. The Morgan fingerprint density at radius 2 is 1.87 bits per heavy atom. The van der Waals surface area contributed by atoms with E-state index in [1.807, 2.05) is 52.3 Å². The number of aryl methyl sites for hydroxylation is 2. The molecule has 0 aliphatic carbocycles. The van der Waals surface area contributed by atoms with E-state index < -0.39 is 0 Å². The van der Waals surface area contributed by atoms with Gasteiger partial charge >= 0.3 is 0 Å². The number of benzene rings is 1. The molecule has 7 nitrogen and oxygen atoms in total. The third-order valence-electron chi connectivity index (χ3n) is 5.36. The summed E-state index contributed by atoms with van der Waals surface area (Å²) < 4.78 is 1.87. The van der Waals surface area contributed by atoms with Crippen LogP contribution in [0.4, 0.5) is 5.82 Å². The van der Waals surface area contributed by atoms with Gasteiger partial charge in [0.15, 0.2) is 5.65 Å². The lowest BCUT2D eigenvalue weighted by molar-refractivity contribution is 0.0751. The molecule has 152 valence electrons. The predicted molar refractivity (Wildman–Crippen MR) is 119 cm³/mol. The molecule has 1 saturated heterocycles. The van der Waals surface area contributed by atoms with Crippen LogP contribution >= 0.6 is 11.3 Å². The lowest BCUT2D eigenvalue weighted by Crippen LogP contribution is -2.49. The number of rotatable bonds is 3. The summed E-state index contributed by atoms with van der Waals surface area (Å²) in [6.45, 7) is 6.79. The molecule has 0 radical (unpaired) electrons. The molecule has 4 aromatic rings. The third-order valence-corrected chi connectivity index (χ3v) is 6.22. The van der Waals surface area contributed by atoms with E-state index in [1.54, 1.807) is 0 Å². The van der Waals surface area contributed by atoms with Gasteiger partial charge in [-0.1, -0.05) is 18.2 Å². The minimum atomic E-state index is 0.112. The average molecular weight is 419 g/mol. The molecule has 1 amide bonds. The van der Waals surface area contributed by atoms with Gasteiger partial charge in [-0.2, -0.15) is 5.10 Å². The Hall–Kier alpha value is -3.26. The van der Waals surface area contributed by atoms with Crippen molar-refractivity contribution in [3.63, 3.8) is 0 Å². The molecule has 0 spiro atoms. The second kappa shape index (κ2) is 7.53. The van der Waals surface area contributed by atoms with E-state index in [0.29, 0.717) is 18.9 Å². The van der Waals surface area contributed by atoms with Gasteiger partial charge in [0.25, 0.3) is 5.91 Å². The Morgan fingerprint density at radius 3 is 2.60 bits per heavy atom. The van der Waals surface area contributed by atoms with Crippen LogP contribution in [-0.2, 0) is 0 Å². The van der Waals surface area contributed by atoms with E-state index in [0.717, 1.165) is 40.5 Å². The number of fused-ring (bicyclic) bond motifs is 1. The fourth-order valence-electron chi connectivity index (χ4n) is 3.87. The summed E-state index contributed by atoms with van der Waals surface area (Å²) in [5, 5.41) is 7.48. The minimum absolute atomic E-state index is 0.112. The Kier molecular flexibility index (Phi) is 4.71. The van der Waals surface area contributed by atoms with Crippen LogP contribution in [0.2, 0.25) is 0 Å². The summed E-state index contributed by atoms with van der Waals surface area (Å²) in [5.74, 6) is 1.71. The minimum Gasteiger partial charge on any atom is -0.352 e. The van der Waals surface area contributed by atoms with Gasteiger partial charge in [0.2, 0.25) is 0 Å². The number of aromatic nitrogens is 4. The van der Waals surface area contributed by atoms with Crippen LogP contribution in [0, 0.1) is 13.8 Å². The highest BCUT2D eigenvalue weighted by molar-refractivity contribution is 7.12. The molecule has 5 rings (SSSR count). The van der Waals surface area contributed by atoms with E-state index in [1.165, 1.54) is 16.9 Å². The van der Waals surface area contributed by atoms with Crippen molar-refractivity contribution in [1.82, 2.24) is 24.6 Å². The van der Waals surface area contributed by atoms with Crippen LogP contribution in [0.25, 0.3) is 16.7 Å². The number of hydrogen-bond acceptors (Lipinski definition) is 6. The molecule has 0 saturated carbocycles.